The van der Waals surface area contributed by atoms with E-state index in [9.17, 15) is 10.2 Å². The van der Waals surface area contributed by atoms with Gasteiger partial charge in [0.25, 0.3) is 0 Å². The van der Waals surface area contributed by atoms with Crippen LogP contribution in [0.15, 0.2) is 12.2 Å². The van der Waals surface area contributed by atoms with E-state index in [2.05, 4.69) is 64.2 Å². The first-order chi connectivity index (χ1) is 14.5. The molecule has 0 aliphatic heterocycles. The van der Waals surface area contributed by atoms with Gasteiger partial charge in [-0.15, -0.1) is 0 Å². The van der Waals surface area contributed by atoms with Gasteiger partial charge in [0.15, 0.2) is 0 Å². The van der Waals surface area contributed by atoms with Crippen LogP contribution in [0.4, 0.5) is 0 Å². The SMILES string of the molecule is CN[C@H](C)[C@H]1[C@H](O)C[C@@]2(C)[C@@H]3C=C[C@H]4[C@@](C)(CO)[C@@H](N(C)C)CC[C@@]45C[C@@]35CC[C@]12C. The molecule has 0 unspecified atom stereocenters. The van der Waals surface area contributed by atoms with Gasteiger partial charge in [-0.25, -0.2) is 0 Å². The highest BCUT2D eigenvalue weighted by atomic mass is 16.3. The lowest BCUT2D eigenvalue weighted by molar-refractivity contribution is -0.116. The molecular weight excluding hydrogens is 384 g/mol. The molecule has 3 N–H and O–H groups in total. The van der Waals surface area contributed by atoms with Gasteiger partial charge in [0.05, 0.1) is 12.7 Å². The molecule has 0 aromatic heterocycles. The van der Waals surface area contributed by atoms with Crippen molar-refractivity contribution in [2.24, 2.45) is 44.8 Å². The summed E-state index contributed by atoms with van der Waals surface area (Å²) in [5, 5.41) is 25.4. The topological polar surface area (TPSA) is 55.7 Å². The van der Waals surface area contributed by atoms with E-state index in [-0.39, 0.29) is 29.0 Å². The zero-order valence-electron chi connectivity index (χ0n) is 20.9. The van der Waals surface area contributed by atoms with Crippen molar-refractivity contribution in [3.05, 3.63) is 12.2 Å². The molecule has 11 atom stereocenters. The van der Waals surface area contributed by atoms with Gasteiger partial charge in [0.2, 0.25) is 0 Å². The summed E-state index contributed by atoms with van der Waals surface area (Å²) in [7, 11) is 6.41. The number of hydrogen-bond donors (Lipinski definition) is 3. The van der Waals surface area contributed by atoms with E-state index < -0.39 is 0 Å². The fourth-order valence-electron chi connectivity index (χ4n) is 10.7. The Morgan fingerprint density at radius 3 is 2.29 bits per heavy atom. The number of nitrogens with one attached hydrogen (secondary N) is 1. The van der Waals surface area contributed by atoms with Crippen LogP contribution in [0.3, 0.4) is 0 Å². The van der Waals surface area contributed by atoms with Gasteiger partial charge in [-0.3, -0.25) is 0 Å². The lowest BCUT2D eigenvalue weighted by Crippen LogP contribution is -2.60. The lowest BCUT2D eigenvalue weighted by atomic mass is 9.43. The first-order valence-corrected chi connectivity index (χ1v) is 12.8. The van der Waals surface area contributed by atoms with Crippen LogP contribution in [0.5, 0.6) is 0 Å². The Labute approximate surface area is 189 Å². The molecule has 0 aromatic rings. The predicted octanol–water partition coefficient (Wildman–Crippen LogP) is 3.68. The maximum Gasteiger partial charge on any atom is 0.0594 e. The minimum atomic E-state index is -0.222. The van der Waals surface area contributed by atoms with E-state index in [4.69, 9.17) is 0 Å². The quantitative estimate of drug-likeness (QED) is 0.596. The van der Waals surface area contributed by atoms with E-state index in [1.807, 2.05) is 7.05 Å². The molecule has 5 aliphatic rings. The van der Waals surface area contributed by atoms with Crippen LogP contribution in [0, 0.1) is 44.8 Å². The first-order valence-electron chi connectivity index (χ1n) is 12.8. The van der Waals surface area contributed by atoms with Gasteiger partial charge in [0.1, 0.15) is 0 Å². The fraction of sp³-hybridized carbons (Fsp3) is 0.926. The summed E-state index contributed by atoms with van der Waals surface area (Å²) in [4.78, 5) is 2.36. The highest BCUT2D eigenvalue weighted by Gasteiger charge is 2.82. The smallest absolute Gasteiger partial charge is 0.0594 e. The Morgan fingerprint density at radius 1 is 1.03 bits per heavy atom. The average Bonchev–Trinajstić information content (AvgIpc) is 3.32. The van der Waals surface area contributed by atoms with Crippen LogP contribution in [0.1, 0.15) is 66.2 Å². The number of rotatable bonds is 4. The van der Waals surface area contributed by atoms with Crippen molar-refractivity contribution >= 4 is 0 Å². The van der Waals surface area contributed by atoms with Gasteiger partial charge < -0.3 is 20.4 Å². The molecule has 0 bridgehead atoms. The van der Waals surface area contributed by atoms with Crippen LogP contribution < -0.4 is 5.32 Å². The van der Waals surface area contributed by atoms with Gasteiger partial charge in [-0.1, -0.05) is 32.9 Å². The van der Waals surface area contributed by atoms with E-state index >= 15 is 0 Å². The van der Waals surface area contributed by atoms with Crippen LogP contribution in [-0.4, -0.2) is 61.1 Å². The molecule has 176 valence electrons. The summed E-state index contributed by atoms with van der Waals surface area (Å²) in [5.74, 6) is 1.33. The Kier molecular flexibility index (Phi) is 4.75. The van der Waals surface area contributed by atoms with Crippen molar-refractivity contribution in [1.82, 2.24) is 10.2 Å². The molecule has 5 aliphatic carbocycles. The standard InChI is InChI=1S/C27H46N2O2/c1-17(28-5)22-18(31)14-25(4)20-9-8-19-23(2,16-30)21(29(6)7)10-11-26(19)15-27(20,26)13-12-24(22,25)3/h8-9,17-22,28,30-31H,10-16H2,1-7H3/t17-,18-,19+,20+,21+,22+,23-,24-,25+,26-,27+/m1/s1. The van der Waals surface area contributed by atoms with Gasteiger partial charge in [-0.2, -0.15) is 0 Å². The third-order valence-corrected chi connectivity index (χ3v) is 12.3. The molecule has 5 rings (SSSR count). The van der Waals surface area contributed by atoms with Gasteiger partial charge in [0, 0.05) is 23.4 Å². The Morgan fingerprint density at radius 2 is 1.68 bits per heavy atom. The summed E-state index contributed by atoms with van der Waals surface area (Å²) in [5.41, 5.74) is 0.962. The highest BCUT2D eigenvalue weighted by Crippen LogP contribution is 2.87. The molecule has 0 aromatic carbocycles. The van der Waals surface area contributed by atoms with Crippen LogP contribution in [0.25, 0.3) is 0 Å². The molecule has 4 nitrogen and oxygen atoms in total. The largest absolute Gasteiger partial charge is 0.396 e. The highest BCUT2D eigenvalue weighted by molar-refractivity contribution is 5.37. The molecule has 2 spiro atoms. The molecule has 0 radical (unpaired) electrons. The van der Waals surface area contributed by atoms with E-state index in [1.165, 1.54) is 32.1 Å². The van der Waals surface area contributed by atoms with Gasteiger partial charge in [-0.05, 0) is 100 Å². The molecule has 4 fully saturated rings. The molecule has 0 saturated heterocycles. The first kappa shape index (κ1) is 22.4. The summed E-state index contributed by atoms with van der Waals surface area (Å²) < 4.78 is 0. The second-order valence-corrected chi connectivity index (χ2v) is 13.2. The minimum absolute atomic E-state index is 0.0766. The maximum absolute atomic E-state index is 11.3. The van der Waals surface area contributed by atoms with Crippen molar-refractivity contribution < 1.29 is 10.2 Å². The Bertz CT molecular complexity index is 783. The maximum atomic E-state index is 11.3. The number of fused-ring (bicyclic) bond motifs is 2. The van der Waals surface area contributed by atoms with Crippen LogP contribution in [0.2, 0.25) is 0 Å². The second-order valence-electron chi connectivity index (χ2n) is 13.2. The van der Waals surface area contributed by atoms with Crippen LogP contribution in [-0.2, 0) is 0 Å². The second kappa shape index (κ2) is 6.58. The Hall–Kier alpha value is -0.420. The Balaban J connectivity index is 1.57. The van der Waals surface area contributed by atoms with E-state index in [0.29, 0.717) is 40.7 Å². The van der Waals surface area contributed by atoms with Crippen molar-refractivity contribution in [2.75, 3.05) is 27.7 Å². The number of aliphatic hydroxyl groups excluding tert-OH is 2. The average molecular weight is 431 g/mol. The zero-order chi connectivity index (χ0) is 22.6. The molecular formula is C27H46N2O2. The monoisotopic (exact) mass is 430 g/mol. The molecule has 4 heteroatoms. The summed E-state index contributed by atoms with van der Waals surface area (Å²) in [6.45, 7) is 9.87. The summed E-state index contributed by atoms with van der Waals surface area (Å²) in [6.07, 6.45) is 12.2. The zero-order valence-corrected chi connectivity index (χ0v) is 20.9. The van der Waals surface area contributed by atoms with Gasteiger partial charge >= 0.3 is 0 Å². The van der Waals surface area contributed by atoms with Crippen molar-refractivity contribution in [1.29, 1.82) is 0 Å². The minimum Gasteiger partial charge on any atom is -0.396 e. The molecule has 0 amide bonds. The summed E-state index contributed by atoms with van der Waals surface area (Å²) >= 11 is 0. The van der Waals surface area contributed by atoms with Crippen LogP contribution >= 0.6 is 0 Å². The van der Waals surface area contributed by atoms with Crippen molar-refractivity contribution in [3.8, 4) is 0 Å². The third kappa shape index (κ3) is 2.36. The molecule has 0 heterocycles. The van der Waals surface area contributed by atoms with Crippen molar-refractivity contribution in [3.63, 3.8) is 0 Å². The number of nitrogens with zero attached hydrogens (tertiary/aromatic N) is 1. The van der Waals surface area contributed by atoms with E-state index in [1.54, 1.807) is 0 Å². The van der Waals surface area contributed by atoms with E-state index in [0.717, 1.165) is 6.42 Å². The van der Waals surface area contributed by atoms with Crippen molar-refractivity contribution in [2.45, 2.75) is 84.4 Å². The lowest BCUT2D eigenvalue weighted by Gasteiger charge is -2.62. The summed E-state index contributed by atoms with van der Waals surface area (Å²) in [6, 6.07) is 0.767. The number of aliphatic hydroxyl groups is 2. The predicted molar refractivity (Wildman–Crippen MR) is 126 cm³/mol. The molecule has 4 saturated carbocycles. The normalized spacial score (nSPS) is 58.3. The fourth-order valence-corrected chi connectivity index (χ4v) is 10.7. The number of hydrogen-bond acceptors (Lipinski definition) is 4. The third-order valence-electron chi connectivity index (χ3n) is 12.3. The number of allylic oxidation sites excluding steroid dienone is 2. The molecule has 31 heavy (non-hydrogen) atoms.